The Hall–Kier alpha value is -1.61. The predicted molar refractivity (Wildman–Crippen MR) is 123 cm³/mol. The predicted octanol–water partition coefficient (Wildman–Crippen LogP) is 2.24. The maximum Gasteiger partial charge on any atom is 0.279 e. The number of benzene rings is 3. The van der Waals surface area contributed by atoms with E-state index in [1.165, 1.54) is 0 Å². The zero-order valence-corrected chi connectivity index (χ0v) is 19.4. The third kappa shape index (κ3) is 4.99. The van der Waals surface area contributed by atoms with Gasteiger partial charge in [-0.2, -0.15) is 0 Å². The van der Waals surface area contributed by atoms with Crippen LogP contribution in [0, 0.1) is 0 Å². The van der Waals surface area contributed by atoms with Crippen LogP contribution in [0.25, 0.3) is 0 Å². The molecule has 1 N–H and O–H groups in total. The van der Waals surface area contributed by atoms with E-state index in [1.54, 1.807) is 0 Å². The molecule has 3 rings (SSSR count). The molecule has 0 aliphatic heterocycles. The van der Waals surface area contributed by atoms with Crippen LogP contribution in [0.15, 0.2) is 103 Å². The fraction of sp³-hybridized carbons (Fsp3) is 0.0455. The molecule has 0 bridgehead atoms. The van der Waals surface area contributed by atoms with Crippen molar-refractivity contribution in [3.63, 3.8) is 0 Å². The SMILES string of the molecule is O=C(NC(=CF)[P+](c1ccccc1)(c1ccccc1)c1ccccc1)C(Cl)(Cl)Cl.[Cl-]. The van der Waals surface area contributed by atoms with E-state index in [0.29, 0.717) is 6.33 Å². The minimum absolute atomic E-state index is 0. The third-order valence-corrected chi connectivity index (χ3v) is 9.06. The van der Waals surface area contributed by atoms with Gasteiger partial charge in [0.05, 0.1) is 0 Å². The lowest BCUT2D eigenvalue weighted by Gasteiger charge is -2.29. The minimum Gasteiger partial charge on any atom is -1.00 e. The van der Waals surface area contributed by atoms with E-state index in [0.717, 1.165) is 15.9 Å². The van der Waals surface area contributed by atoms with Gasteiger partial charge in [-0.15, -0.1) is 0 Å². The van der Waals surface area contributed by atoms with Gasteiger partial charge in [-0.25, -0.2) is 4.39 Å². The normalized spacial score (nSPS) is 12.1. The van der Waals surface area contributed by atoms with Crippen molar-refractivity contribution in [3.05, 3.63) is 103 Å². The van der Waals surface area contributed by atoms with Gasteiger partial charge >= 0.3 is 0 Å². The number of nitrogens with one attached hydrogen (secondary N) is 1. The Morgan fingerprint density at radius 3 is 1.37 bits per heavy atom. The molecule has 0 saturated carbocycles. The average molecular weight is 503 g/mol. The first-order valence-electron chi connectivity index (χ1n) is 8.65. The van der Waals surface area contributed by atoms with Crippen LogP contribution in [0.2, 0.25) is 0 Å². The number of rotatable bonds is 5. The highest BCUT2D eigenvalue weighted by Gasteiger charge is 2.52. The first-order chi connectivity index (χ1) is 13.9. The van der Waals surface area contributed by atoms with Crippen molar-refractivity contribution in [1.82, 2.24) is 5.32 Å². The summed E-state index contributed by atoms with van der Waals surface area (Å²) in [6, 6.07) is 28.4. The fourth-order valence-corrected chi connectivity index (χ4v) is 7.34. The van der Waals surface area contributed by atoms with E-state index >= 15 is 0 Å². The number of amides is 1. The number of carbonyl (C=O) groups excluding carboxylic acids is 1. The van der Waals surface area contributed by atoms with E-state index in [2.05, 4.69) is 5.32 Å². The lowest BCUT2D eigenvalue weighted by molar-refractivity contribution is -0.119. The molecule has 3 aromatic carbocycles. The first-order valence-corrected chi connectivity index (χ1v) is 11.6. The summed E-state index contributed by atoms with van der Waals surface area (Å²) in [5.74, 6) is -0.918. The standard InChI is InChI=1S/C22H16Cl3FNOP.ClH/c23-22(24,25)21(28)27-20(16-26)29(17-10-4-1-5-11-17,18-12-6-2-7-13-18)19-14-8-3-9-15-19;/h1-16H;1H. The average Bonchev–Trinajstić information content (AvgIpc) is 2.75. The fourth-order valence-electron chi connectivity index (χ4n) is 3.19. The first kappa shape index (κ1) is 24.7. The van der Waals surface area contributed by atoms with Gasteiger partial charge in [0, 0.05) is 0 Å². The number of hydrogen-bond acceptors (Lipinski definition) is 1. The van der Waals surface area contributed by atoms with Gasteiger partial charge in [0.15, 0.2) is 7.26 Å². The van der Waals surface area contributed by atoms with Crippen molar-refractivity contribution < 1.29 is 21.6 Å². The summed E-state index contributed by atoms with van der Waals surface area (Å²) >= 11 is 17.3. The summed E-state index contributed by atoms with van der Waals surface area (Å²) in [4.78, 5) is 12.5. The van der Waals surface area contributed by atoms with Gasteiger partial charge in [0.2, 0.25) is 5.44 Å². The topological polar surface area (TPSA) is 29.1 Å². The lowest BCUT2D eigenvalue weighted by atomic mass is 10.4. The number of alkyl halides is 3. The molecule has 0 saturated heterocycles. The Bertz CT molecular complexity index is 899. The second kappa shape index (κ2) is 10.6. The molecule has 8 heteroatoms. The summed E-state index contributed by atoms with van der Waals surface area (Å²) in [6.07, 6.45) is 0.398. The minimum atomic E-state index is -2.81. The van der Waals surface area contributed by atoms with Crippen LogP contribution in [0.4, 0.5) is 4.39 Å². The van der Waals surface area contributed by atoms with Gasteiger partial charge in [-0.3, -0.25) is 10.1 Å². The van der Waals surface area contributed by atoms with Gasteiger partial charge in [-0.05, 0) is 36.4 Å². The van der Waals surface area contributed by atoms with Gasteiger partial charge < -0.3 is 12.4 Å². The molecule has 0 heterocycles. The highest BCUT2D eigenvalue weighted by Crippen LogP contribution is 2.61. The van der Waals surface area contributed by atoms with Crippen LogP contribution in [0.3, 0.4) is 0 Å². The zero-order chi connectivity index (χ0) is 20.9. The van der Waals surface area contributed by atoms with Crippen LogP contribution < -0.4 is 33.6 Å². The van der Waals surface area contributed by atoms with Crippen LogP contribution in [0.1, 0.15) is 0 Å². The Morgan fingerprint density at radius 1 is 0.767 bits per heavy atom. The van der Waals surface area contributed by atoms with Gasteiger partial charge in [-0.1, -0.05) is 89.4 Å². The van der Waals surface area contributed by atoms with Crippen LogP contribution in [0.5, 0.6) is 0 Å². The van der Waals surface area contributed by atoms with E-state index in [-0.39, 0.29) is 17.8 Å². The van der Waals surface area contributed by atoms with Crippen molar-refractivity contribution >= 4 is 63.9 Å². The molecule has 2 nitrogen and oxygen atoms in total. The third-order valence-electron chi connectivity index (χ3n) is 4.39. The molecular weight excluding hydrogens is 486 g/mol. The molecule has 0 unspecified atom stereocenters. The van der Waals surface area contributed by atoms with Crippen molar-refractivity contribution in [2.24, 2.45) is 0 Å². The Morgan fingerprint density at radius 2 is 1.10 bits per heavy atom. The maximum atomic E-state index is 14.5. The van der Waals surface area contributed by atoms with E-state index < -0.39 is 17.0 Å². The van der Waals surface area contributed by atoms with Crippen LogP contribution in [-0.2, 0) is 4.79 Å². The monoisotopic (exact) mass is 501 g/mol. The molecule has 0 aliphatic rings. The highest BCUT2D eigenvalue weighted by atomic mass is 35.6. The second-order valence-electron chi connectivity index (χ2n) is 6.12. The number of hydrogen-bond donors (Lipinski definition) is 1. The summed E-state index contributed by atoms with van der Waals surface area (Å²) in [7, 11) is -2.81. The van der Waals surface area contributed by atoms with Crippen molar-refractivity contribution in [2.45, 2.75) is 3.79 Å². The summed E-state index contributed by atoms with van der Waals surface area (Å²) in [5.41, 5.74) is 0.0532. The lowest BCUT2D eigenvalue weighted by Crippen LogP contribution is -3.00. The molecule has 0 aromatic heterocycles. The van der Waals surface area contributed by atoms with E-state index in [1.807, 2.05) is 91.0 Å². The van der Waals surface area contributed by atoms with Gasteiger partial charge in [0.1, 0.15) is 22.2 Å². The molecule has 0 radical (unpaired) electrons. The molecule has 1 amide bonds. The quantitative estimate of drug-likeness (QED) is 0.421. The molecule has 0 atom stereocenters. The van der Waals surface area contributed by atoms with E-state index in [4.69, 9.17) is 34.8 Å². The van der Waals surface area contributed by atoms with Crippen LogP contribution in [-0.4, -0.2) is 9.70 Å². The number of carbonyl (C=O) groups is 1. The molecule has 0 fully saturated rings. The smallest absolute Gasteiger partial charge is 0.279 e. The molecule has 0 spiro atoms. The summed E-state index contributed by atoms with van der Waals surface area (Å²) in [5, 5.41) is 5.10. The molecule has 156 valence electrons. The van der Waals surface area contributed by atoms with Crippen molar-refractivity contribution in [3.8, 4) is 0 Å². The van der Waals surface area contributed by atoms with E-state index in [9.17, 15) is 9.18 Å². The zero-order valence-electron chi connectivity index (χ0n) is 15.5. The Kier molecular flexibility index (Phi) is 8.73. The Balaban J connectivity index is 0.00000320. The largest absolute Gasteiger partial charge is 1.00 e. The van der Waals surface area contributed by atoms with Crippen molar-refractivity contribution in [2.75, 3.05) is 0 Å². The van der Waals surface area contributed by atoms with Gasteiger partial charge in [0.25, 0.3) is 9.70 Å². The number of halogens is 5. The second-order valence-corrected chi connectivity index (χ2v) is 11.8. The molecule has 3 aromatic rings. The maximum absolute atomic E-state index is 14.5. The molecular formula is C22H17Cl4FNOP. The molecule has 0 aliphatic carbocycles. The summed E-state index contributed by atoms with van der Waals surface area (Å²) < 4.78 is 12.3. The van der Waals surface area contributed by atoms with Crippen LogP contribution >= 0.6 is 42.1 Å². The Labute approximate surface area is 196 Å². The highest BCUT2D eigenvalue weighted by molar-refractivity contribution is 7.99. The summed E-state index contributed by atoms with van der Waals surface area (Å²) in [6.45, 7) is 0. The molecule has 30 heavy (non-hydrogen) atoms. The van der Waals surface area contributed by atoms with Crippen molar-refractivity contribution in [1.29, 1.82) is 0 Å².